The van der Waals surface area contributed by atoms with Crippen LogP contribution < -0.4 is 29.1 Å². The molecule has 0 amide bonds. The minimum absolute atomic E-state index is 0.0760. The van der Waals surface area contributed by atoms with Crippen molar-refractivity contribution in [2.45, 2.75) is 53.4 Å². The van der Waals surface area contributed by atoms with Gasteiger partial charge in [0.05, 0.1) is 61.0 Å². The molecule has 1 aromatic heterocycles. The van der Waals surface area contributed by atoms with Gasteiger partial charge in [-0.15, -0.1) is 0 Å². The number of rotatable bonds is 12. The summed E-state index contributed by atoms with van der Waals surface area (Å²) in [5.41, 5.74) is 3.33. The Morgan fingerprint density at radius 3 is 2.24 bits per heavy atom. The van der Waals surface area contributed by atoms with Crippen LogP contribution in [0.1, 0.15) is 67.7 Å². The van der Waals surface area contributed by atoms with E-state index in [2.05, 4.69) is 45.2 Å². The van der Waals surface area contributed by atoms with E-state index in [1.54, 1.807) is 56.7 Å². The molecule has 1 atom stereocenters. The molecule has 5 rings (SSSR count). The van der Waals surface area contributed by atoms with Crippen molar-refractivity contribution < 1.29 is 33.3 Å². The van der Waals surface area contributed by atoms with Crippen LogP contribution in [-0.2, 0) is 20.9 Å². The standard InChI is InChI=1S/C37H36I2N2O8S/c1-7-46-35(43)24-11-9-22(10-12-24)19-48-33-26(38)15-23(16-27(33)39)17-30-34(42)41-32(25-13-14-28(49-20(3)4)29(18-25)45-6)31(36(44)47-8-2)21(5)40-37(41)50-30/h9-18,20,32H,7-8,19H2,1-6H3/b30-17+/t32-/m1/s1. The van der Waals surface area contributed by atoms with Crippen molar-refractivity contribution in [3.05, 3.63) is 115 Å². The predicted molar refractivity (Wildman–Crippen MR) is 208 cm³/mol. The van der Waals surface area contributed by atoms with Gasteiger partial charge < -0.3 is 23.7 Å². The van der Waals surface area contributed by atoms with Crippen molar-refractivity contribution in [2.24, 2.45) is 4.99 Å². The SMILES string of the molecule is CCOC(=O)C1=C(C)N=c2s/c(=C/c3cc(I)c(OCc4ccc(C(=O)OCC)cc4)c(I)c3)c(=O)n2[C@@H]1c1ccc(OC(C)C)c(OC)c1. The van der Waals surface area contributed by atoms with Crippen LogP contribution in [0.2, 0.25) is 0 Å². The van der Waals surface area contributed by atoms with Gasteiger partial charge in [-0.3, -0.25) is 9.36 Å². The summed E-state index contributed by atoms with van der Waals surface area (Å²) in [6.45, 7) is 9.92. The fourth-order valence-corrected chi connectivity index (χ4v) is 8.55. The second-order valence-electron chi connectivity index (χ2n) is 11.4. The van der Waals surface area contributed by atoms with Crippen LogP contribution in [0.25, 0.3) is 6.08 Å². The summed E-state index contributed by atoms with van der Waals surface area (Å²) in [4.78, 5) is 44.7. The average molecular weight is 923 g/mol. The lowest BCUT2D eigenvalue weighted by molar-refractivity contribution is -0.139. The number of carbonyl (C=O) groups excluding carboxylic acids is 2. The van der Waals surface area contributed by atoms with E-state index in [1.165, 1.54) is 11.3 Å². The van der Waals surface area contributed by atoms with Crippen molar-refractivity contribution in [1.29, 1.82) is 0 Å². The Balaban J connectivity index is 1.50. The molecule has 2 heterocycles. The third-order valence-electron chi connectivity index (χ3n) is 7.55. The number of methoxy groups -OCH3 is 1. The highest BCUT2D eigenvalue weighted by Gasteiger charge is 2.34. The van der Waals surface area contributed by atoms with Gasteiger partial charge in [-0.25, -0.2) is 14.6 Å². The first-order valence-corrected chi connectivity index (χ1v) is 18.8. The van der Waals surface area contributed by atoms with Gasteiger partial charge in [-0.1, -0.05) is 29.5 Å². The second-order valence-corrected chi connectivity index (χ2v) is 14.7. The first-order chi connectivity index (χ1) is 23.9. The lowest BCUT2D eigenvalue weighted by Crippen LogP contribution is -2.40. The van der Waals surface area contributed by atoms with Gasteiger partial charge in [0.25, 0.3) is 5.56 Å². The molecule has 0 saturated heterocycles. The Bertz CT molecular complexity index is 2110. The van der Waals surface area contributed by atoms with Gasteiger partial charge in [-0.05, 0) is 139 Å². The lowest BCUT2D eigenvalue weighted by atomic mass is 9.95. The minimum Gasteiger partial charge on any atom is -0.493 e. The molecule has 13 heteroatoms. The number of benzene rings is 3. The summed E-state index contributed by atoms with van der Waals surface area (Å²) < 4.78 is 32.0. The van der Waals surface area contributed by atoms with E-state index in [0.29, 0.717) is 56.6 Å². The van der Waals surface area contributed by atoms with Gasteiger partial charge in [0.1, 0.15) is 12.4 Å². The predicted octanol–water partition coefficient (Wildman–Crippen LogP) is 6.56. The van der Waals surface area contributed by atoms with Crippen LogP contribution in [0, 0.1) is 7.14 Å². The Morgan fingerprint density at radius 2 is 1.62 bits per heavy atom. The zero-order chi connectivity index (χ0) is 36.1. The largest absolute Gasteiger partial charge is 0.493 e. The zero-order valence-corrected chi connectivity index (χ0v) is 33.5. The molecule has 0 fully saturated rings. The Hall–Kier alpha value is -3.70. The van der Waals surface area contributed by atoms with Gasteiger partial charge in [0.2, 0.25) is 0 Å². The van der Waals surface area contributed by atoms with E-state index < -0.39 is 12.0 Å². The van der Waals surface area contributed by atoms with Crippen LogP contribution in [0.15, 0.2) is 75.7 Å². The molecule has 0 spiro atoms. The van der Waals surface area contributed by atoms with Gasteiger partial charge in [0.15, 0.2) is 16.3 Å². The number of hydrogen-bond donors (Lipinski definition) is 0. The number of hydrogen-bond acceptors (Lipinski definition) is 10. The number of allylic oxidation sites excluding steroid dienone is 1. The Labute approximate surface area is 321 Å². The van der Waals surface area contributed by atoms with Crippen molar-refractivity contribution in [3.8, 4) is 17.2 Å². The van der Waals surface area contributed by atoms with Crippen molar-refractivity contribution >= 4 is 74.5 Å². The minimum atomic E-state index is -0.795. The molecule has 0 radical (unpaired) electrons. The monoisotopic (exact) mass is 922 g/mol. The molecule has 0 saturated carbocycles. The van der Waals surface area contributed by atoms with Gasteiger partial charge in [0, 0.05) is 0 Å². The van der Waals surface area contributed by atoms with Crippen molar-refractivity contribution in [1.82, 2.24) is 4.57 Å². The number of halogens is 2. The topological polar surface area (TPSA) is 115 Å². The van der Waals surface area contributed by atoms with E-state index >= 15 is 0 Å². The van der Waals surface area contributed by atoms with E-state index in [9.17, 15) is 14.4 Å². The molecule has 3 aromatic carbocycles. The van der Waals surface area contributed by atoms with E-state index in [-0.39, 0.29) is 29.8 Å². The van der Waals surface area contributed by atoms with Gasteiger partial charge in [-0.2, -0.15) is 0 Å². The summed E-state index contributed by atoms with van der Waals surface area (Å²) in [5, 5.41) is 0. The number of aromatic nitrogens is 1. The molecule has 0 aliphatic carbocycles. The molecule has 0 N–H and O–H groups in total. The second kappa shape index (κ2) is 16.5. The number of thiazole rings is 1. The van der Waals surface area contributed by atoms with E-state index in [4.69, 9.17) is 28.7 Å². The molecule has 0 unspecified atom stereocenters. The summed E-state index contributed by atoms with van der Waals surface area (Å²) in [6, 6.07) is 15.6. The Kier molecular flexibility index (Phi) is 12.4. The van der Waals surface area contributed by atoms with Crippen LogP contribution in [-0.4, -0.2) is 42.9 Å². The number of fused-ring (bicyclic) bond motifs is 1. The zero-order valence-electron chi connectivity index (χ0n) is 28.4. The Morgan fingerprint density at radius 1 is 0.960 bits per heavy atom. The lowest BCUT2D eigenvalue weighted by Gasteiger charge is -2.25. The van der Waals surface area contributed by atoms with E-state index in [1.807, 2.05) is 50.3 Å². The molecule has 1 aliphatic rings. The van der Waals surface area contributed by atoms with Gasteiger partial charge >= 0.3 is 11.9 Å². The fraction of sp³-hybridized carbons (Fsp3) is 0.297. The number of nitrogens with zero attached hydrogens (tertiary/aromatic N) is 2. The smallest absolute Gasteiger partial charge is 0.338 e. The summed E-state index contributed by atoms with van der Waals surface area (Å²) in [5.74, 6) is 0.858. The first kappa shape index (κ1) is 37.6. The highest BCUT2D eigenvalue weighted by molar-refractivity contribution is 14.1. The first-order valence-electron chi connectivity index (χ1n) is 15.9. The highest BCUT2D eigenvalue weighted by Crippen LogP contribution is 2.37. The van der Waals surface area contributed by atoms with Crippen LogP contribution in [0.3, 0.4) is 0 Å². The number of esters is 2. The molecular weight excluding hydrogens is 886 g/mol. The normalized spacial score (nSPS) is 14.3. The molecule has 0 bridgehead atoms. The van der Waals surface area contributed by atoms with Crippen LogP contribution >= 0.6 is 56.5 Å². The molecule has 1 aliphatic heterocycles. The third kappa shape index (κ3) is 8.26. The highest BCUT2D eigenvalue weighted by atomic mass is 127. The summed E-state index contributed by atoms with van der Waals surface area (Å²) in [7, 11) is 1.55. The molecule has 4 aromatic rings. The molecule has 262 valence electrons. The summed E-state index contributed by atoms with van der Waals surface area (Å²) in [6.07, 6.45) is 1.75. The quantitative estimate of drug-likeness (QED) is 0.116. The molecule has 10 nitrogen and oxygen atoms in total. The molecular formula is C37H36I2N2O8S. The maximum atomic E-state index is 14.2. The molecule has 50 heavy (non-hydrogen) atoms. The number of ether oxygens (including phenoxy) is 5. The fourth-order valence-electron chi connectivity index (χ4n) is 5.37. The van der Waals surface area contributed by atoms with Crippen LogP contribution in [0.4, 0.5) is 0 Å². The third-order valence-corrected chi connectivity index (χ3v) is 10.1. The average Bonchev–Trinajstić information content (AvgIpc) is 3.37. The van der Waals surface area contributed by atoms with Crippen LogP contribution in [0.5, 0.6) is 17.2 Å². The number of carbonyl (C=O) groups is 2. The van der Waals surface area contributed by atoms with E-state index in [0.717, 1.165) is 18.3 Å². The van der Waals surface area contributed by atoms with Crippen molar-refractivity contribution in [3.63, 3.8) is 0 Å². The maximum Gasteiger partial charge on any atom is 0.338 e. The maximum absolute atomic E-state index is 14.2. The summed E-state index contributed by atoms with van der Waals surface area (Å²) >= 11 is 5.70. The van der Waals surface area contributed by atoms with Crippen molar-refractivity contribution in [2.75, 3.05) is 20.3 Å².